The minimum absolute atomic E-state index is 0.0643. The lowest BCUT2D eigenvalue weighted by atomic mass is 9.99. The first-order valence-corrected chi connectivity index (χ1v) is 20.9. The molecule has 0 amide bonds. The van der Waals surface area contributed by atoms with E-state index in [4.69, 9.17) is 18.9 Å². The molecule has 51 heavy (non-hydrogen) atoms. The summed E-state index contributed by atoms with van der Waals surface area (Å²) in [6.45, 7) is 4.29. The van der Waals surface area contributed by atoms with Crippen molar-refractivity contribution in [3.63, 3.8) is 0 Å². The second kappa shape index (κ2) is 32.9. The Bertz CT molecular complexity index is 745. The van der Waals surface area contributed by atoms with E-state index in [1.165, 1.54) is 122 Å². The van der Waals surface area contributed by atoms with Crippen molar-refractivity contribution in [2.45, 2.75) is 223 Å². The molecule has 7 N–H and O–H groups in total. The summed E-state index contributed by atoms with van der Waals surface area (Å²) in [7, 11) is 0. The van der Waals surface area contributed by atoms with E-state index < -0.39 is 68.3 Å². The molecule has 0 bridgehead atoms. The molecule has 0 aliphatic carbocycles. The van der Waals surface area contributed by atoms with Crippen LogP contribution in [0.2, 0.25) is 0 Å². The first-order chi connectivity index (χ1) is 24.8. The smallest absolute Gasteiger partial charge is 0.186 e. The molecular formula is C40H80O11. The van der Waals surface area contributed by atoms with E-state index in [1.807, 2.05) is 0 Å². The van der Waals surface area contributed by atoms with Crippen molar-refractivity contribution in [2.24, 2.45) is 0 Å². The molecule has 1 rings (SSSR count). The Balaban J connectivity index is 2.44. The standard InChI is InChI=1S/C40H80O11/c1-3-5-7-9-11-13-15-17-19-21-23-25-27-48-31-34(49-28-26-24-22-20-18-16-14-12-10-8-6-4-2)37(45)35(43)32(42)30-50-40-39(47)38(46)36(44)33(29-41)51-40/h32-47H,3-31H2,1-2H3/t32-,33+,34+,35+,36-,37+,38-,39+,40+/m0/s1. The third kappa shape index (κ3) is 23.2. The van der Waals surface area contributed by atoms with Gasteiger partial charge in [0.15, 0.2) is 6.29 Å². The van der Waals surface area contributed by atoms with Gasteiger partial charge in [0.25, 0.3) is 0 Å². The van der Waals surface area contributed by atoms with E-state index in [0.717, 1.165) is 32.1 Å². The van der Waals surface area contributed by atoms with Gasteiger partial charge in [-0.3, -0.25) is 0 Å². The van der Waals surface area contributed by atoms with Crippen LogP contribution in [0.5, 0.6) is 0 Å². The first-order valence-electron chi connectivity index (χ1n) is 20.9. The normalized spacial score (nSPS) is 23.4. The Labute approximate surface area is 310 Å². The van der Waals surface area contributed by atoms with E-state index in [2.05, 4.69) is 13.8 Å². The average Bonchev–Trinajstić information content (AvgIpc) is 3.13. The molecule has 1 aliphatic heterocycles. The maximum Gasteiger partial charge on any atom is 0.186 e. The van der Waals surface area contributed by atoms with Crippen LogP contribution in [0.25, 0.3) is 0 Å². The predicted molar refractivity (Wildman–Crippen MR) is 200 cm³/mol. The zero-order valence-corrected chi connectivity index (χ0v) is 32.5. The van der Waals surface area contributed by atoms with Crippen LogP contribution in [0.15, 0.2) is 0 Å². The molecule has 0 radical (unpaired) electrons. The van der Waals surface area contributed by atoms with Gasteiger partial charge in [-0.05, 0) is 12.8 Å². The highest BCUT2D eigenvalue weighted by molar-refractivity contribution is 4.89. The quantitative estimate of drug-likeness (QED) is 0.0393. The Hall–Kier alpha value is -0.440. The second-order valence-corrected chi connectivity index (χ2v) is 14.8. The maximum atomic E-state index is 11.0. The molecular weight excluding hydrogens is 656 g/mol. The van der Waals surface area contributed by atoms with Crippen LogP contribution < -0.4 is 0 Å². The maximum absolute atomic E-state index is 11.0. The monoisotopic (exact) mass is 737 g/mol. The van der Waals surface area contributed by atoms with E-state index in [9.17, 15) is 35.7 Å². The number of hydrogen-bond acceptors (Lipinski definition) is 11. The number of aliphatic hydroxyl groups is 7. The Morgan fingerprint density at radius 1 is 0.510 bits per heavy atom. The summed E-state index contributed by atoms with van der Waals surface area (Å²) in [6, 6.07) is 0. The van der Waals surface area contributed by atoms with Crippen molar-refractivity contribution < 1.29 is 54.7 Å². The van der Waals surface area contributed by atoms with Crippen molar-refractivity contribution in [1.29, 1.82) is 0 Å². The molecule has 0 spiro atoms. The fraction of sp³-hybridized carbons (Fsp3) is 1.00. The highest BCUT2D eigenvalue weighted by Gasteiger charge is 2.44. The summed E-state index contributed by atoms with van der Waals surface area (Å²) in [6.07, 6.45) is 16.6. The largest absolute Gasteiger partial charge is 0.394 e. The van der Waals surface area contributed by atoms with Crippen molar-refractivity contribution in [1.82, 2.24) is 0 Å². The lowest BCUT2D eigenvalue weighted by Crippen LogP contribution is -2.59. The number of rotatable bonds is 36. The third-order valence-electron chi connectivity index (χ3n) is 10.2. The summed E-state index contributed by atoms with van der Waals surface area (Å²) in [5.74, 6) is 0. The minimum Gasteiger partial charge on any atom is -0.394 e. The van der Waals surface area contributed by atoms with Gasteiger partial charge in [0, 0.05) is 13.2 Å². The van der Waals surface area contributed by atoms with Crippen molar-refractivity contribution >= 4 is 0 Å². The van der Waals surface area contributed by atoms with E-state index in [1.54, 1.807) is 0 Å². The predicted octanol–water partition coefficient (Wildman–Crippen LogP) is 5.69. The van der Waals surface area contributed by atoms with Gasteiger partial charge in [-0.25, -0.2) is 0 Å². The molecule has 0 unspecified atom stereocenters. The van der Waals surface area contributed by atoms with Gasteiger partial charge in [-0.2, -0.15) is 0 Å². The number of hydrogen-bond donors (Lipinski definition) is 7. The minimum atomic E-state index is -1.66. The summed E-state index contributed by atoms with van der Waals surface area (Å²) in [5.41, 5.74) is 0. The van der Waals surface area contributed by atoms with Crippen LogP contribution >= 0.6 is 0 Å². The zero-order valence-electron chi connectivity index (χ0n) is 32.5. The fourth-order valence-electron chi connectivity index (χ4n) is 6.61. The van der Waals surface area contributed by atoms with Gasteiger partial charge in [0.1, 0.15) is 48.8 Å². The lowest BCUT2D eigenvalue weighted by molar-refractivity contribution is -0.306. The summed E-state index contributed by atoms with van der Waals surface area (Å²) < 4.78 is 22.6. The van der Waals surface area contributed by atoms with Crippen molar-refractivity contribution in [3.05, 3.63) is 0 Å². The Kier molecular flexibility index (Phi) is 31.4. The topological polar surface area (TPSA) is 179 Å². The molecule has 1 saturated heterocycles. The Morgan fingerprint density at radius 3 is 1.39 bits per heavy atom. The molecule has 11 heteroatoms. The van der Waals surface area contributed by atoms with Gasteiger partial charge >= 0.3 is 0 Å². The SMILES string of the molecule is CCCCCCCCCCCCCCOC[C@@H](OCCCCCCCCCCCCCC)[C@@H](O)[C@H](O)[C@@H](O)CO[C@@H]1O[C@H](CO)[C@H](O)[C@H](O)[C@H]1O. The molecule has 1 heterocycles. The summed E-state index contributed by atoms with van der Waals surface area (Å²) in [5, 5.41) is 72.0. The van der Waals surface area contributed by atoms with E-state index >= 15 is 0 Å². The molecule has 1 fully saturated rings. The highest BCUT2D eigenvalue weighted by atomic mass is 16.7. The van der Waals surface area contributed by atoms with Crippen LogP contribution in [0.1, 0.15) is 168 Å². The molecule has 1 aliphatic rings. The number of aliphatic hydroxyl groups excluding tert-OH is 7. The highest BCUT2D eigenvalue weighted by Crippen LogP contribution is 2.23. The third-order valence-corrected chi connectivity index (χ3v) is 10.2. The van der Waals surface area contributed by atoms with Crippen LogP contribution in [0.4, 0.5) is 0 Å². The van der Waals surface area contributed by atoms with E-state index in [-0.39, 0.29) is 6.61 Å². The van der Waals surface area contributed by atoms with Crippen LogP contribution in [0.3, 0.4) is 0 Å². The molecule has 0 aromatic heterocycles. The average molecular weight is 737 g/mol. The van der Waals surface area contributed by atoms with Gasteiger partial charge in [0.05, 0.1) is 19.8 Å². The van der Waals surface area contributed by atoms with Crippen LogP contribution in [-0.2, 0) is 18.9 Å². The van der Waals surface area contributed by atoms with Crippen molar-refractivity contribution in [2.75, 3.05) is 33.0 Å². The molecule has 9 atom stereocenters. The molecule has 306 valence electrons. The van der Waals surface area contributed by atoms with Gasteiger partial charge in [0.2, 0.25) is 0 Å². The van der Waals surface area contributed by atoms with Crippen molar-refractivity contribution in [3.8, 4) is 0 Å². The molecule has 11 nitrogen and oxygen atoms in total. The summed E-state index contributed by atoms with van der Waals surface area (Å²) in [4.78, 5) is 0. The van der Waals surface area contributed by atoms with Crippen LogP contribution in [-0.4, -0.2) is 124 Å². The molecule has 0 aromatic carbocycles. The number of unbranched alkanes of at least 4 members (excludes halogenated alkanes) is 22. The van der Waals surface area contributed by atoms with Gasteiger partial charge in [-0.1, -0.05) is 155 Å². The fourth-order valence-corrected chi connectivity index (χ4v) is 6.61. The van der Waals surface area contributed by atoms with Gasteiger partial charge in [-0.15, -0.1) is 0 Å². The lowest BCUT2D eigenvalue weighted by Gasteiger charge is -2.40. The zero-order chi connectivity index (χ0) is 37.5. The second-order valence-electron chi connectivity index (χ2n) is 14.8. The summed E-state index contributed by atoms with van der Waals surface area (Å²) >= 11 is 0. The molecule has 0 aromatic rings. The van der Waals surface area contributed by atoms with Crippen LogP contribution in [0, 0.1) is 0 Å². The van der Waals surface area contributed by atoms with Gasteiger partial charge < -0.3 is 54.7 Å². The Morgan fingerprint density at radius 2 is 0.941 bits per heavy atom. The first kappa shape index (κ1) is 48.6. The van der Waals surface area contributed by atoms with E-state index in [0.29, 0.717) is 13.2 Å². The number of ether oxygens (including phenoxy) is 4. The molecule has 0 saturated carbocycles.